The van der Waals surface area contributed by atoms with Crippen molar-refractivity contribution in [2.45, 2.75) is 52.6 Å². The number of aryl methyl sites for hydroxylation is 1. The van der Waals surface area contributed by atoms with Gasteiger partial charge < -0.3 is 19.9 Å². The maximum absolute atomic E-state index is 13.0. The summed E-state index contributed by atoms with van der Waals surface area (Å²) in [4.78, 5) is 36.4. The molecule has 2 N–H and O–H groups in total. The van der Waals surface area contributed by atoms with Crippen LogP contribution in [-0.2, 0) is 30.7 Å². The first-order valence-corrected chi connectivity index (χ1v) is 11.9. The largest absolute Gasteiger partial charge is 0.395 e. The van der Waals surface area contributed by atoms with Crippen molar-refractivity contribution in [3.8, 4) is 11.5 Å². The van der Waals surface area contributed by atoms with Crippen molar-refractivity contribution >= 4 is 17.6 Å². The Balaban J connectivity index is 1.33. The Bertz CT molecular complexity index is 1280. The lowest BCUT2D eigenvalue weighted by Gasteiger charge is -2.34. The number of aliphatic hydroxyl groups is 1. The zero-order valence-electron chi connectivity index (χ0n) is 20.0. The maximum Gasteiger partial charge on any atom is 0.275 e. The van der Waals surface area contributed by atoms with Crippen molar-refractivity contribution in [1.29, 1.82) is 0 Å². The second kappa shape index (κ2) is 9.18. The molecule has 0 bridgehead atoms. The normalized spacial score (nSPS) is 15.3. The predicted octanol–water partition coefficient (Wildman–Crippen LogP) is 2.23. The average Bonchev–Trinajstić information content (AvgIpc) is 3.32. The summed E-state index contributed by atoms with van der Waals surface area (Å²) in [6.45, 7) is 5.05. The van der Waals surface area contributed by atoms with Crippen LogP contribution in [0.5, 0.6) is 0 Å². The number of carbonyl (C=O) groups is 2. The van der Waals surface area contributed by atoms with Gasteiger partial charge in [0.05, 0.1) is 12.0 Å². The Morgan fingerprint density at radius 1 is 1.11 bits per heavy atom. The highest BCUT2D eigenvalue weighted by Crippen LogP contribution is 2.26. The average molecular weight is 476 g/mol. The molecule has 2 amide bonds. The Kier molecular flexibility index (Phi) is 6.06. The maximum atomic E-state index is 13.0. The van der Waals surface area contributed by atoms with E-state index in [1.54, 1.807) is 37.1 Å². The van der Waals surface area contributed by atoms with E-state index >= 15 is 0 Å². The molecule has 0 atom stereocenters. The van der Waals surface area contributed by atoms with Crippen LogP contribution < -0.4 is 5.32 Å². The molecule has 10 heteroatoms. The summed E-state index contributed by atoms with van der Waals surface area (Å²) in [5.41, 5.74) is 1.97. The van der Waals surface area contributed by atoms with E-state index in [1.807, 2.05) is 12.1 Å². The van der Waals surface area contributed by atoms with E-state index in [9.17, 15) is 14.7 Å². The molecule has 10 nitrogen and oxygen atoms in total. The first kappa shape index (κ1) is 23.1. The summed E-state index contributed by atoms with van der Waals surface area (Å²) in [6.07, 6.45) is 5.47. The standard InChI is InChI=1S/C25H29N7O3/c1-25(2,15-33)24(35)31-11-9-16-13-26-19(12-17(16)14-31)23(34)28-20-7-5-6-18(27-20)22-30-29-21-8-3-4-10-32(21)22/h5-7,12-13,33H,3-4,8-11,14-15H2,1-2H3,(H,27,28,34). The molecule has 0 saturated carbocycles. The van der Waals surface area contributed by atoms with Crippen LogP contribution >= 0.6 is 0 Å². The van der Waals surface area contributed by atoms with Crippen LogP contribution in [0.1, 0.15) is 54.1 Å². The summed E-state index contributed by atoms with van der Waals surface area (Å²) < 4.78 is 2.09. The van der Waals surface area contributed by atoms with Crippen LogP contribution in [0.15, 0.2) is 30.5 Å². The number of fused-ring (bicyclic) bond motifs is 2. The molecule has 0 radical (unpaired) electrons. The monoisotopic (exact) mass is 475 g/mol. The summed E-state index contributed by atoms with van der Waals surface area (Å²) in [5, 5.41) is 21.0. The third-order valence-electron chi connectivity index (χ3n) is 6.67. The minimum absolute atomic E-state index is 0.106. The third kappa shape index (κ3) is 4.53. The molecular formula is C25H29N7O3. The summed E-state index contributed by atoms with van der Waals surface area (Å²) in [6, 6.07) is 7.15. The van der Waals surface area contributed by atoms with E-state index in [0.29, 0.717) is 36.8 Å². The fraction of sp³-hybridized carbons (Fsp3) is 0.440. The molecule has 2 aliphatic heterocycles. The van der Waals surface area contributed by atoms with E-state index in [0.717, 1.165) is 42.8 Å². The van der Waals surface area contributed by atoms with Crippen molar-refractivity contribution in [3.63, 3.8) is 0 Å². The highest BCUT2D eigenvalue weighted by atomic mass is 16.3. The number of pyridine rings is 2. The second-order valence-corrected chi connectivity index (χ2v) is 9.77. The molecule has 3 aromatic rings. The molecule has 2 aliphatic rings. The van der Waals surface area contributed by atoms with Crippen LogP contribution in [0.3, 0.4) is 0 Å². The van der Waals surface area contributed by atoms with Crippen LogP contribution in [0.4, 0.5) is 5.82 Å². The van der Waals surface area contributed by atoms with Crippen LogP contribution in [0.2, 0.25) is 0 Å². The molecule has 182 valence electrons. The number of hydrogen-bond acceptors (Lipinski definition) is 7. The van der Waals surface area contributed by atoms with Crippen LogP contribution in [-0.4, -0.2) is 59.7 Å². The fourth-order valence-electron chi connectivity index (χ4n) is 4.54. The highest BCUT2D eigenvalue weighted by Gasteiger charge is 2.33. The van der Waals surface area contributed by atoms with Crippen molar-refractivity contribution in [3.05, 3.63) is 53.1 Å². The first-order chi connectivity index (χ1) is 16.9. The molecule has 5 heterocycles. The molecule has 3 aromatic heterocycles. The van der Waals surface area contributed by atoms with E-state index in [1.165, 1.54) is 0 Å². The van der Waals surface area contributed by atoms with E-state index in [4.69, 9.17) is 0 Å². The number of aliphatic hydroxyl groups excluding tert-OH is 1. The molecule has 0 unspecified atom stereocenters. The first-order valence-electron chi connectivity index (χ1n) is 11.9. The topological polar surface area (TPSA) is 126 Å². The summed E-state index contributed by atoms with van der Waals surface area (Å²) in [5.74, 6) is 1.60. The minimum atomic E-state index is -0.842. The van der Waals surface area contributed by atoms with Gasteiger partial charge in [-0.1, -0.05) is 6.07 Å². The van der Waals surface area contributed by atoms with E-state index in [-0.39, 0.29) is 24.1 Å². The summed E-state index contributed by atoms with van der Waals surface area (Å²) in [7, 11) is 0. The molecule has 35 heavy (non-hydrogen) atoms. The van der Waals surface area contributed by atoms with E-state index in [2.05, 4.69) is 30.0 Å². The van der Waals surface area contributed by atoms with Crippen molar-refractivity contribution in [1.82, 2.24) is 29.6 Å². The molecule has 0 fully saturated rings. The Hall–Kier alpha value is -3.66. The Labute approximate surface area is 203 Å². The lowest BCUT2D eigenvalue weighted by Crippen LogP contribution is -2.45. The predicted molar refractivity (Wildman–Crippen MR) is 128 cm³/mol. The number of aromatic nitrogens is 5. The molecular weight excluding hydrogens is 446 g/mol. The number of nitrogens with one attached hydrogen (secondary N) is 1. The van der Waals surface area contributed by atoms with Crippen LogP contribution in [0.25, 0.3) is 11.5 Å². The van der Waals surface area contributed by atoms with Gasteiger partial charge in [0.25, 0.3) is 5.91 Å². The van der Waals surface area contributed by atoms with Gasteiger partial charge in [-0.25, -0.2) is 4.98 Å². The van der Waals surface area contributed by atoms with Gasteiger partial charge in [0.2, 0.25) is 5.91 Å². The number of carbonyl (C=O) groups excluding carboxylic acids is 2. The smallest absolute Gasteiger partial charge is 0.275 e. The quantitative estimate of drug-likeness (QED) is 0.579. The van der Waals surface area contributed by atoms with Crippen molar-refractivity contribution in [2.24, 2.45) is 5.41 Å². The van der Waals surface area contributed by atoms with Gasteiger partial charge in [0, 0.05) is 32.3 Å². The molecule has 0 aromatic carbocycles. The second-order valence-electron chi connectivity index (χ2n) is 9.77. The highest BCUT2D eigenvalue weighted by molar-refractivity contribution is 6.02. The molecule has 0 saturated heterocycles. The number of hydrogen-bond donors (Lipinski definition) is 2. The number of rotatable bonds is 5. The van der Waals surface area contributed by atoms with Crippen molar-refractivity contribution < 1.29 is 14.7 Å². The van der Waals surface area contributed by atoms with Crippen molar-refractivity contribution in [2.75, 3.05) is 18.5 Å². The van der Waals surface area contributed by atoms with Gasteiger partial charge in [-0.2, -0.15) is 0 Å². The zero-order chi connectivity index (χ0) is 24.6. The minimum Gasteiger partial charge on any atom is -0.395 e. The van der Waals surface area contributed by atoms with Gasteiger partial charge in [-0.15, -0.1) is 10.2 Å². The summed E-state index contributed by atoms with van der Waals surface area (Å²) >= 11 is 0. The molecule has 5 rings (SSSR count). The van der Waals surface area contributed by atoms with Gasteiger partial charge >= 0.3 is 0 Å². The number of nitrogens with zero attached hydrogens (tertiary/aromatic N) is 6. The lowest BCUT2D eigenvalue weighted by molar-refractivity contribution is -0.143. The van der Waals surface area contributed by atoms with Gasteiger partial charge in [0.15, 0.2) is 5.82 Å². The van der Waals surface area contributed by atoms with Crippen LogP contribution in [0, 0.1) is 5.41 Å². The van der Waals surface area contributed by atoms with Gasteiger partial charge in [-0.3, -0.25) is 14.6 Å². The third-order valence-corrected chi connectivity index (χ3v) is 6.67. The van der Waals surface area contributed by atoms with Gasteiger partial charge in [-0.05, 0) is 62.4 Å². The molecule has 0 spiro atoms. The number of anilines is 1. The Morgan fingerprint density at radius 3 is 2.80 bits per heavy atom. The SMILES string of the molecule is CC(C)(CO)C(=O)N1CCc2cnc(C(=O)Nc3cccc(-c4nnc5n4CCCC5)n3)cc2C1. The van der Waals surface area contributed by atoms with E-state index < -0.39 is 5.41 Å². The molecule has 0 aliphatic carbocycles. The number of amides is 2. The lowest BCUT2D eigenvalue weighted by atomic mass is 9.91. The fourth-order valence-corrected chi connectivity index (χ4v) is 4.54. The zero-order valence-corrected chi connectivity index (χ0v) is 20.0. The van der Waals surface area contributed by atoms with Gasteiger partial charge in [0.1, 0.15) is 23.0 Å². The Morgan fingerprint density at radius 2 is 1.97 bits per heavy atom.